The number of aliphatic hydroxyl groups is 2. The maximum atomic E-state index is 10.4. The molecule has 1 saturated carbocycles. The molecule has 0 saturated heterocycles. The minimum atomic E-state index is -0.724. The van der Waals surface area contributed by atoms with Crippen LogP contribution in [0, 0.1) is 0 Å². The summed E-state index contributed by atoms with van der Waals surface area (Å²) in [7, 11) is 1.58. The second-order valence-corrected chi connectivity index (χ2v) is 5.22. The van der Waals surface area contributed by atoms with Crippen LogP contribution in [0.25, 0.3) is 0 Å². The molecule has 2 rings (SSSR count). The molecule has 1 fully saturated rings. The van der Waals surface area contributed by atoms with Gasteiger partial charge in [-0.25, -0.2) is 0 Å². The lowest BCUT2D eigenvalue weighted by Gasteiger charge is -2.31. The summed E-state index contributed by atoms with van der Waals surface area (Å²) in [6.07, 6.45) is 4.86. The molecule has 1 aliphatic rings. The van der Waals surface area contributed by atoms with Gasteiger partial charge in [-0.05, 0) is 30.5 Å². The molecule has 0 spiro atoms. The van der Waals surface area contributed by atoms with Crippen molar-refractivity contribution in [3.05, 3.63) is 23.8 Å². The van der Waals surface area contributed by atoms with Gasteiger partial charge in [0.1, 0.15) is 6.61 Å². The van der Waals surface area contributed by atoms with E-state index in [0.717, 1.165) is 31.2 Å². The van der Waals surface area contributed by atoms with Crippen LogP contribution >= 0.6 is 0 Å². The lowest BCUT2D eigenvalue weighted by Crippen LogP contribution is -2.37. The fraction of sp³-hybridized carbons (Fsp3) is 0.600. The lowest BCUT2D eigenvalue weighted by atomic mass is 9.85. The zero-order chi connectivity index (χ0) is 13.7. The molecular formula is C15H22O4. The van der Waals surface area contributed by atoms with E-state index in [1.807, 2.05) is 0 Å². The summed E-state index contributed by atoms with van der Waals surface area (Å²) in [5.74, 6) is 1.20. The fourth-order valence-corrected chi connectivity index (χ4v) is 2.50. The minimum absolute atomic E-state index is 0.0371. The maximum Gasteiger partial charge on any atom is 0.161 e. The zero-order valence-corrected chi connectivity index (χ0v) is 11.4. The molecule has 1 aliphatic carbocycles. The van der Waals surface area contributed by atoms with Crippen molar-refractivity contribution in [3.8, 4) is 11.5 Å². The number of hydrogen-bond acceptors (Lipinski definition) is 4. The molecule has 0 heterocycles. The van der Waals surface area contributed by atoms with Crippen LogP contribution in [0.4, 0.5) is 0 Å². The Hall–Kier alpha value is -1.26. The monoisotopic (exact) mass is 266 g/mol. The minimum Gasteiger partial charge on any atom is -0.493 e. The number of rotatable bonds is 5. The molecule has 1 aromatic rings. The molecule has 19 heavy (non-hydrogen) atoms. The smallest absolute Gasteiger partial charge is 0.161 e. The van der Waals surface area contributed by atoms with Gasteiger partial charge in [0.15, 0.2) is 11.5 Å². The van der Waals surface area contributed by atoms with Gasteiger partial charge in [0.2, 0.25) is 0 Å². The van der Waals surface area contributed by atoms with Crippen molar-refractivity contribution in [2.75, 3.05) is 13.7 Å². The van der Waals surface area contributed by atoms with Crippen molar-refractivity contribution in [3.63, 3.8) is 0 Å². The molecule has 0 aromatic heterocycles. The average molecular weight is 266 g/mol. The van der Waals surface area contributed by atoms with Gasteiger partial charge in [-0.3, -0.25) is 0 Å². The van der Waals surface area contributed by atoms with Crippen LogP contribution in [-0.4, -0.2) is 29.5 Å². The zero-order valence-electron chi connectivity index (χ0n) is 11.4. The van der Waals surface area contributed by atoms with Crippen LogP contribution in [0.5, 0.6) is 11.5 Å². The number of benzene rings is 1. The topological polar surface area (TPSA) is 58.9 Å². The van der Waals surface area contributed by atoms with E-state index in [4.69, 9.17) is 14.6 Å². The third kappa shape index (κ3) is 3.61. The number of methoxy groups -OCH3 is 1. The van der Waals surface area contributed by atoms with Gasteiger partial charge in [-0.15, -0.1) is 0 Å². The van der Waals surface area contributed by atoms with Crippen LogP contribution in [0.2, 0.25) is 0 Å². The lowest BCUT2D eigenvalue weighted by molar-refractivity contribution is -0.0344. The van der Waals surface area contributed by atoms with Gasteiger partial charge in [0, 0.05) is 0 Å². The summed E-state index contributed by atoms with van der Waals surface area (Å²) in [5.41, 5.74) is 0.0461. The van der Waals surface area contributed by atoms with Crippen molar-refractivity contribution in [2.45, 2.75) is 44.3 Å². The summed E-state index contributed by atoms with van der Waals surface area (Å²) in [6.45, 7) is 0.239. The summed E-state index contributed by atoms with van der Waals surface area (Å²) < 4.78 is 11.0. The Labute approximate surface area is 114 Å². The molecule has 0 bridgehead atoms. The molecule has 4 nitrogen and oxygen atoms in total. The highest BCUT2D eigenvalue weighted by Gasteiger charge is 2.30. The Morgan fingerprint density at radius 3 is 2.53 bits per heavy atom. The molecule has 0 aliphatic heterocycles. The molecule has 1 aromatic carbocycles. The van der Waals surface area contributed by atoms with Crippen molar-refractivity contribution >= 4 is 0 Å². The van der Waals surface area contributed by atoms with E-state index in [1.165, 1.54) is 6.42 Å². The highest BCUT2D eigenvalue weighted by atomic mass is 16.5. The van der Waals surface area contributed by atoms with E-state index < -0.39 is 5.60 Å². The predicted octanol–water partition coefficient (Wildman–Crippen LogP) is 2.26. The quantitative estimate of drug-likeness (QED) is 0.858. The van der Waals surface area contributed by atoms with E-state index in [1.54, 1.807) is 25.3 Å². The van der Waals surface area contributed by atoms with Crippen LogP contribution in [0.3, 0.4) is 0 Å². The van der Waals surface area contributed by atoms with E-state index in [-0.39, 0.29) is 13.2 Å². The van der Waals surface area contributed by atoms with Crippen LogP contribution < -0.4 is 9.47 Å². The molecule has 0 amide bonds. The molecule has 2 N–H and O–H groups in total. The summed E-state index contributed by atoms with van der Waals surface area (Å²) in [6, 6.07) is 5.32. The Morgan fingerprint density at radius 1 is 1.16 bits per heavy atom. The maximum absolute atomic E-state index is 10.4. The average Bonchev–Trinajstić information content (AvgIpc) is 2.45. The number of hydrogen-bond donors (Lipinski definition) is 2. The fourth-order valence-electron chi connectivity index (χ4n) is 2.50. The number of aliphatic hydroxyl groups excluding tert-OH is 1. The molecule has 4 heteroatoms. The van der Waals surface area contributed by atoms with E-state index in [9.17, 15) is 5.11 Å². The second-order valence-electron chi connectivity index (χ2n) is 5.22. The van der Waals surface area contributed by atoms with Crippen molar-refractivity contribution in [1.82, 2.24) is 0 Å². The molecule has 0 unspecified atom stereocenters. The van der Waals surface area contributed by atoms with E-state index in [2.05, 4.69) is 0 Å². The van der Waals surface area contributed by atoms with E-state index in [0.29, 0.717) is 11.5 Å². The van der Waals surface area contributed by atoms with Crippen molar-refractivity contribution in [1.29, 1.82) is 0 Å². The Balaban J connectivity index is 2.05. The van der Waals surface area contributed by atoms with Gasteiger partial charge in [-0.1, -0.05) is 25.3 Å². The second kappa shape index (κ2) is 6.26. The van der Waals surface area contributed by atoms with Crippen LogP contribution in [0.1, 0.15) is 37.7 Å². The van der Waals surface area contributed by atoms with Gasteiger partial charge >= 0.3 is 0 Å². The third-order valence-electron chi connectivity index (χ3n) is 3.69. The van der Waals surface area contributed by atoms with Gasteiger partial charge in [0.05, 0.1) is 19.3 Å². The van der Waals surface area contributed by atoms with Crippen molar-refractivity contribution in [2.24, 2.45) is 0 Å². The molecule has 0 radical (unpaired) electrons. The highest BCUT2D eigenvalue weighted by Crippen LogP contribution is 2.32. The van der Waals surface area contributed by atoms with Crippen LogP contribution in [0.15, 0.2) is 18.2 Å². The Morgan fingerprint density at radius 2 is 1.89 bits per heavy atom. The van der Waals surface area contributed by atoms with E-state index >= 15 is 0 Å². The summed E-state index contributed by atoms with van der Waals surface area (Å²) >= 11 is 0. The van der Waals surface area contributed by atoms with Gasteiger partial charge in [0.25, 0.3) is 0 Å². The normalized spacial score (nSPS) is 18.1. The van der Waals surface area contributed by atoms with Gasteiger partial charge in [-0.2, -0.15) is 0 Å². The summed E-state index contributed by atoms with van der Waals surface area (Å²) in [5, 5.41) is 19.6. The third-order valence-corrected chi connectivity index (χ3v) is 3.69. The highest BCUT2D eigenvalue weighted by molar-refractivity contribution is 5.42. The van der Waals surface area contributed by atoms with Crippen molar-refractivity contribution < 1.29 is 19.7 Å². The van der Waals surface area contributed by atoms with Gasteiger partial charge < -0.3 is 19.7 Å². The SMILES string of the molecule is COc1ccc(CO)cc1OCC1(O)CCCCC1. The first kappa shape index (κ1) is 14.2. The largest absolute Gasteiger partial charge is 0.493 e. The first-order chi connectivity index (χ1) is 9.17. The molecule has 0 atom stereocenters. The molecular weight excluding hydrogens is 244 g/mol. The number of ether oxygens (including phenoxy) is 2. The Kier molecular flexibility index (Phi) is 4.66. The standard InChI is InChI=1S/C15H22O4/c1-18-13-6-5-12(10-16)9-14(13)19-11-15(17)7-3-2-4-8-15/h5-6,9,16-17H,2-4,7-8,10-11H2,1H3. The molecule has 106 valence electrons. The predicted molar refractivity (Wildman–Crippen MR) is 72.4 cm³/mol. The Bertz CT molecular complexity index is 411. The summed E-state index contributed by atoms with van der Waals surface area (Å²) in [4.78, 5) is 0. The first-order valence-corrected chi connectivity index (χ1v) is 6.80. The van der Waals surface area contributed by atoms with Crippen LogP contribution in [-0.2, 0) is 6.61 Å². The first-order valence-electron chi connectivity index (χ1n) is 6.80.